The number of hydrogen-bond donors (Lipinski definition) is 0. The van der Waals surface area contributed by atoms with E-state index in [2.05, 4.69) is 68.3 Å². The molecule has 1 atom stereocenters. The van der Waals surface area contributed by atoms with Gasteiger partial charge in [0.15, 0.2) is 0 Å². The molecule has 0 fully saturated rings. The summed E-state index contributed by atoms with van der Waals surface area (Å²) in [6.45, 7) is 6.02. The second-order valence-electron chi connectivity index (χ2n) is 5.51. The molecule has 0 aromatic heterocycles. The number of benzene rings is 2. The van der Waals surface area contributed by atoms with Crippen LogP contribution in [-0.2, 0) is 6.54 Å². The topological polar surface area (TPSA) is 3.24 Å². The number of rotatable bonds is 5. The minimum absolute atomic E-state index is 0.0318. The van der Waals surface area contributed by atoms with Crippen LogP contribution in [0.15, 0.2) is 48.5 Å². The fourth-order valence-corrected chi connectivity index (χ4v) is 2.99. The number of alkyl halides is 1. The molecule has 0 N–H and O–H groups in total. The Labute approximate surface area is 127 Å². The van der Waals surface area contributed by atoms with Crippen molar-refractivity contribution in [1.29, 1.82) is 0 Å². The number of nitrogens with zero attached hydrogens (tertiary/aromatic N) is 1. The number of halogens is 1. The summed E-state index contributed by atoms with van der Waals surface area (Å²) in [4.78, 5) is 2.27. The second kappa shape index (κ2) is 6.92. The van der Waals surface area contributed by atoms with Crippen LogP contribution in [0.2, 0.25) is 0 Å². The summed E-state index contributed by atoms with van der Waals surface area (Å²) in [7, 11) is 2.12. The van der Waals surface area contributed by atoms with E-state index in [0.717, 1.165) is 13.1 Å². The van der Waals surface area contributed by atoms with Crippen molar-refractivity contribution in [2.75, 3.05) is 13.6 Å². The Morgan fingerprint density at radius 3 is 2.40 bits per heavy atom. The van der Waals surface area contributed by atoms with Gasteiger partial charge in [0, 0.05) is 13.1 Å². The van der Waals surface area contributed by atoms with Crippen molar-refractivity contribution in [2.45, 2.75) is 25.8 Å². The van der Waals surface area contributed by atoms with E-state index in [1.165, 1.54) is 22.3 Å². The highest BCUT2D eigenvalue weighted by Crippen LogP contribution is 2.25. The molecule has 1 unspecified atom stereocenters. The van der Waals surface area contributed by atoms with Crippen LogP contribution in [0.3, 0.4) is 0 Å². The minimum atomic E-state index is 0.0318. The van der Waals surface area contributed by atoms with Crippen molar-refractivity contribution in [3.05, 3.63) is 70.8 Å². The molecule has 0 aliphatic carbocycles. The average Bonchev–Trinajstić information content (AvgIpc) is 2.39. The van der Waals surface area contributed by atoms with Gasteiger partial charge in [-0.3, -0.25) is 0 Å². The largest absolute Gasteiger partial charge is 0.300 e. The third-order valence-electron chi connectivity index (χ3n) is 3.53. The molecule has 0 saturated heterocycles. The van der Waals surface area contributed by atoms with Gasteiger partial charge in [0.25, 0.3) is 0 Å². The standard InChI is InChI=1S/C18H22ClN/c1-14-9-10-17(15(2)11-14)18(19)13-20(3)12-16-7-5-4-6-8-16/h4-11,18H,12-13H2,1-3H3. The highest BCUT2D eigenvalue weighted by molar-refractivity contribution is 6.21. The quantitative estimate of drug-likeness (QED) is 0.720. The van der Waals surface area contributed by atoms with Crippen molar-refractivity contribution >= 4 is 11.6 Å². The van der Waals surface area contributed by atoms with Crippen LogP contribution in [0, 0.1) is 13.8 Å². The van der Waals surface area contributed by atoms with Gasteiger partial charge in [-0.1, -0.05) is 54.1 Å². The second-order valence-corrected chi connectivity index (χ2v) is 6.04. The van der Waals surface area contributed by atoms with Crippen molar-refractivity contribution in [3.8, 4) is 0 Å². The summed E-state index contributed by atoms with van der Waals surface area (Å²) in [5.41, 5.74) is 5.11. The average molecular weight is 288 g/mol. The van der Waals surface area contributed by atoms with E-state index in [9.17, 15) is 0 Å². The Balaban J connectivity index is 1.98. The molecule has 20 heavy (non-hydrogen) atoms. The lowest BCUT2D eigenvalue weighted by Crippen LogP contribution is -2.22. The summed E-state index contributed by atoms with van der Waals surface area (Å²) in [5, 5.41) is 0.0318. The van der Waals surface area contributed by atoms with Crippen LogP contribution >= 0.6 is 11.6 Å². The summed E-state index contributed by atoms with van der Waals surface area (Å²) < 4.78 is 0. The Bertz CT molecular complexity index is 551. The van der Waals surface area contributed by atoms with E-state index >= 15 is 0 Å². The van der Waals surface area contributed by atoms with Gasteiger partial charge in [-0.15, -0.1) is 11.6 Å². The van der Waals surface area contributed by atoms with E-state index in [1.807, 2.05) is 6.07 Å². The molecule has 2 aromatic carbocycles. The molecule has 0 aliphatic rings. The van der Waals surface area contributed by atoms with Crippen molar-refractivity contribution in [1.82, 2.24) is 4.90 Å². The Kier molecular flexibility index (Phi) is 5.22. The van der Waals surface area contributed by atoms with E-state index in [1.54, 1.807) is 0 Å². The van der Waals surface area contributed by atoms with E-state index < -0.39 is 0 Å². The first-order valence-electron chi connectivity index (χ1n) is 7.00. The van der Waals surface area contributed by atoms with Gasteiger partial charge in [-0.05, 0) is 37.6 Å². The maximum Gasteiger partial charge on any atom is 0.0714 e. The first-order valence-corrected chi connectivity index (χ1v) is 7.43. The Hall–Kier alpha value is -1.31. The summed E-state index contributed by atoms with van der Waals surface area (Å²) >= 11 is 6.58. The van der Waals surface area contributed by atoms with Gasteiger partial charge in [0.1, 0.15) is 0 Å². The van der Waals surface area contributed by atoms with Crippen LogP contribution in [0.1, 0.15) is 27.6 Å². The highest BCUT2D eigenvalue weighted by Gasteiger charge is 2.13. The molecule has 0 radical (unpaired) electrons. The first kappa shape index (κ1) is 15.1. The fourth-order valence-electron chi connectivity index (χ4n) is 2.51. The molecule has 0 spiro atoms. The lowest BCUT2D eigenvalue weighted by Gasteiger charge is -2.21. The van der Waals surface area contributed by atoms with Gasteiger partial charge < -0.3 is 4.90 Å². The van der Waals surface area contributed by atoms with Crippen LogP contribution in [0.5, 0.6) is 0 Å². The number of aryl methyl sites for hydroxylation is 2. The molecule has 0 amide bonds. The zero-order valence-electron chi connectivity index (χ0n) is 12.4. The zero-order chi connectivity index (χ0) is 14.5. The van der Waals surface area contributed by atoms with E-state index in [4.69, 9.17) is 11.6 Å². The lowest BCUT2D eigenvalue weighted by atomic mass is 10.0. The maximum atomic E-state index is 6.58. The van der Waals surface area contributed by atoms with Gasteiger partial charge in [-0.25, -0.2) is 0 Å². The van der Waals surface area contributed by atoms with Gasteiger partial charge in [0.05, 0.1) is 5.38 Å². The smallest absolute Gasteiger partial charge is 0.0714 e. The molecule has 0 bridgehead atoms. The monoisotopic (exact) mass is 287 g/mol. The zero-order valence-corrected chi connectivity index (χ0v) is 13.2. The summed E-state index contributed by atoms with van der Waals surface area (Å²) in [6, 6.07) is 17.0. The van der Waals surface area contributed by atoms with Crippen molar-refractivity contribution < 1.29 is 0 Å². The van der Waals surface area contributed by atoms with Gasteiger partial charge in [0.2, 0.25) is 0 Å². The van der Waals surface area contributed by atoms with Crippen molar-refractivity contribution in [3.63, 3.8) is 0 Å². The van der Waals surface area contributed by atoms with Crippen LogP contribution < -0.4 is 0 Å². The van der Waals surface area contributed by atoms with Crippen molar-refractivity contribution in [2.24, 2.45) is 0 Å². The SMILES string of the molecule is Cc1ccc(C(Cl)CN(C)Cc2ccccc2)c(C)c1. The fraction of sp³-hybridized carbons (Fsp3) is 0.333. The number of likely N-dealkylation sites (N-methyl/N-ethyl adjacent to an activating group) is 1. The molecule has 0 heterocycles. The summed E-state index contributed by atoms with van der Waals surface area (Å²) in [5.74, 6) is 0. The molecule has 2 heteroatoms. The molecule has 0 saturated carbocycles. The highest BCUT2D eigenvalue weighted by atomic mass is 35.5. The third-order valence-corrected chi connectivity index (χ3v) is 3.90. The first-order chi connectivity index (χ1) is 9.56. The summed E-state index contributed by atoms with van der Waals surface area (Å²) in [6.07, 6.45) is 0. The minimum Gasteiger partial charge on any atom is -0.300 e. The molecule has 2 rings (SSSR count). The predicted molar refractivity (Wildman–Crippen MR) is 87.3 cm³/mol. The van der Waals surface area contributed by atoms with Crippen LogP contribution in [0.25, 0.3) is 0 Å². The molecule has 1 nitrogen and oxygen atoms in total. The van der Waals surface area contributed by atoms with E-state index in [0.29, 0.717) is 0 Å². The number of hydrogen-bond acceptors (Lipinski definition) is 1. The molecular formula is C18H22ClN. The normalized spacial score (nSPS) is 12.7. The Morgan fingerprint density at radius 2 is 1.75 bits per heavy atom. The van der Waals surface area contributed by atoms with Gasteiger partial charge >= 0.3 is 0 Å². The van der Waals surface area contributed by atoms with Gasteiger partial charge in [-0.2, -0.15) is 0 Å². The molecule has 0 aliphatic heterocycles. The van der Waals surface area contributed by atoms with Crippen LogP contribution in [0.4, 0.5) is 0 Å². The maximum absolute atomic E-state index is 6.58. The third kappa shape index (κ3) is 4.09. The molecule has 106 valence electrons. The van der Waals surface area contributed by atoms with E-state index in [-0.39, 0.29) is 5.38 Å². The molecule has 2 aromatic rings. The molecular weight excluding hydrogens is 266 g/mol. The van der Waals surface area contributed by atoms with Crippen LogP contribution in [-0.4, -0.2) is 18.5 Å². The lowest BCUT2D eigenvalue weighted by molar-refractivity contribution is 0.326. The predicted octanol–water partition coefficient (Wildman–Crippen LogP) is 4.72. The Morgan fingerprint density at radius 1 is 1.05 bits per heavy atom.